The number of benzene rings is 1. The van der Waals surface area contributed by atoms with E-state index in [1.807, 2.05) is 0 Å². The number of piperidine rings is 1. The molecule has 2 fully saturated rings. The van der Waals surface area contributed by atoms with Crippen LogP contribution in [0.4, 0.5) is 10.5 Å². The van der Waals surface area contributed by atoms with E-state index in [4.69, 9.17) is 16.3 Å². The molecule has 2 aliphatic heterocycles. The molecule has 2 amide bonds. The lowest BCUT2D eigenvalue weighted by molar-refractivity contribution is 0.0131. The number of sulfonamides is 1. The van der Waals surface area contributed by atoms with E-state index in [-0.39, 0.29) is 17.4 Å². The molecule has 2 heterocycles. The first-order chi connectivity index (χ1) is 12.2. The number of anilines is 1. The van der Waals surface area contributed by atoms with E-state index < -0.39 is 10.0 Å². The predicted molar refractivity (Wildman–Crippen MR) is 101 cm³/mol. The average molecular weight is 402 g/mol. The van der Waals surface area contributed by atoms with Gasteiger partial charge in [0.15, 0.2) is 0 Å². The molecular formula is C17H24ClN3O4S. The Morgan fingerprint density at radius 3 is 2.85 bits per heavy atom. The van der Waals surface area contributed by atoms with Crippen LogP contribution < -0.4 is 5.32 Å². The van der Waals surface area contributed by atoms with Gasteiger partial charge in [0.25, 0.3) is 0 Å². The van der Waals surface area contributed by atoms with Gasteiger partial charge in [-0.1, -0.05) is 17.7 Å². The van der Waals surface area contributed by atoms with Crippen molar-refractivity contribution in [3.05, 3.63) is 29.3 Å². The lowest BCUT2D eigenvalue weighted by Gasteiger charge is -2.43. The molecule has 0 radical (unpaired) electrons. The molecule has 7 nitrogen and oxygen atoms in total. The number of hydrogen-bond donors (Lipinski definition) is 1. The van der Waals surface area contributed by atoms with E-state index in [0.717, 1.165) is 0 Å². The van der Waals surface area contributed by atoms with Gasteiger partial charge in [0.2, 0.25) is 10.0 Å². The monoisotopic (exact) mass is 401 g/mol. The maximum absolute atomic E-state index is 12.6. The van der Waals surface area contributed by atoms with Gasteiger partial charge in [-0.2, -0.15) is 0 Å². The molecule has 2 atom stereocenters. The van der Waals surface area contributed by atoms with Crippen LogP contribution in [-0.2, 0) is 14.8 Å². The van der Waals surface area contributed by atoms with Crippen LogP contribution in [0.1, 0.15) is 6.42 Å². The van der Waals surface area contributed by atoms with Gasteiger partial charge in [-0.05, 0) is 30.5 Å². The van der Waals surface area contributed by atoms with Gasteiger partial charge >= 0.3 is 6.03 Å². The first-order valence-electron chi connectivity index (χ1n) is 8.49. The van der Waals surface area contributed by atoms with E-state index >= 15 is 0 Å². The number of likely N-dealkylation sites (tertiary alicyclic amines) is 1. The summed E-state index contributed by atoms with van der Waals surface area (Å²) in [7, 11) is -1.63. The van der Waals surface area contributed by atoms with Crippen molar-refractivity contribution in [2.45, 2.75) is 6.42 Å². The van der Waals surface area contributed by atoms with Crippen molar-refractivity contribution in [1.82, 2.24) is 9.21 Å². The van der Waals surface area contributed by atoms with Gasteiger partial charge in [-0.15, -0.1) is 0 Å². The van der Waals surface area contributed by atoms with Crippen molar-refractivity contribution in [3.8, 4) is 0 Å². The zero-order chi connectivity index (χ0) is 18.9. The van der Waals surface area contributed by atoms with Crippen LogP contribution in [0.5, 0.6) is 0 Å². The number of ether oxygens (including phenoxy) is 1. The van der Waals surface area contributed by atoms with Crippen molar-refractivity contribution in [2.24, 2.45) is 11.3 Å². The Kier molecular flexibility index (Phi) is 5.48. The number of urea groups is 1. The van der Waals surface area contributed by atoms with E-state index in [2.05, 4.69) is 5.32 Å². The topological polar surface area (TPSA) is 79.0 Å². The van der Waals surface area contributed by atoms with Crippen molar-refractivity contribution >= 4 is 33.3 Å². The largest absolute Gasteiger partial charge is 0.384 e. The molecule has 1 aromatic carbocycles. The summed E-state index contributed by atoms with van der Waals surface area (Å²) in [6, 6.07) is 6.80. The number of nitrogens with zero attached hydrogens (tertiary/aromatic N) is 2. The second-order valence-electron chi connectivity index (χ2n) is 7.18. The van der Waals surface area contributed by atoms with Crippen molar-refractivity contribution in [3.63, 3.8) is 0 Å². The van der Waals surface area contributed by atoms with Gasteiger partial charge < -0.3 is 15.0 Å². The smallest absolute Gasteiger partial charge is 0.321 e. The molecule has 1 N–H and O–H groups in total. The Morgan fingerprint density at radius 1 is 1.42 bits per heavy atom. The molecule has 3 rings (SSSR count). The first-order valence-corrected chi connectivity index (χ1v) is 10.7. The molecule has 2 saturated heterocycles. The third-order valence-corrected chi connectivity index (χ3v) is 6.82. The molecule has 1 aromatic rings. The molecule has 26 heavy (non-hydrogen) atoms. The summed E-state index contributed by atoms with van der Waals surface area (Å²) in [5.41, 5.74) is 0.408. The lowest BCUT2D eigenvalue weighted by atomic mass is 9.73. The molecule has 0 bridgehead atoms. The minimum Gasteiger partial charge on any atom is -0.384 e. The highest BCUT2D eigenvalue weighted by molar-refractivity contribution is 7.88. The molecular weight excluding hydrogens is 378 g/mol. The fourth-order valence-corrected chi connectivity index (χ4v) is 5.10. The van der Waals surface area contributed by atoms with Gasteiger partial charge in [-0.3, -0.25) is 0 Å². The summed E-state index contributed by atoms with van der Waals surface area (Å²) in [6.45, 7) is 2.43. The SMILES string of the molecule is COC[C@@]12CCN(C(=O)Nc3cccc(Cl)c3)C[C@@H]1CN(S(C)(=O)=O)C2. The molecule has 0 aromatic heterocycles. The summed E-state index contributed by atoms with van der Waals surface area (Å²) < 4.78 is 30.9. The average Bonchev–Trinajstić information content (AvgIpc) is 2.94. The Bertz CT molecular complexity index is 788. The quantitative estimate of drug-likeness (QED) is 0.837. The van der Waals surface area contributed by atoms with Gasteiger partial charge in [-0.25, -0.2) is 17.5 Å². The summed E-state index contributed by atoms with van der Waals surface area (Å²) in [5, 5.41) is 3.41. The van der Waals surface area contributed by atoms with E-state index in [0.29, 0.717) is 49.9 Å². The zero-order valence-corrected chi connectivity index (χ0v) is 16.5. The molecule has 0 unspecified atom stereocenters. The summed E-state index contributed by atoms with van der Waals surface area (Å²) >= 11 is 5.96. The molecule has 2 aliphatic rings. The number of carbonyl (C=O) groups is 1. The van der Waals surface area contributed by atoms with Crippen LogP contribution in [0.15, 0.2) is 24.3 Å². The minimum atomic E-state index is -3.26. The Morgan fingerprint density at radius 2 is 2.19 bits per heavy atom. The molecule has 0 aliphatic carbocycles. The number of hydrogen-bond acceptors (Lipinski definition) is 4. The highest BCUT2D eigenvalue weighted by Gasteiger charge is 2.52. The lowest BCUT2D eigenvalue weighted by Crippen LogP contribution is -2.51. The van der Waals surface area contributed by atoms with E-state index in [1.54, 1.807) is 36.3 Å². The van der Waals surface area contributed by atoms with Gasteiger partial charge in [0.05, 0.1) is 12.9 Å². The second kappa shape index (κ2) is 7.34. The first kappa shape index (κ1) is 19.4. The molecule has 9 heteroatoms. The number of fused-ring (bicyclic) bond motifs is 1. The van der Waals surface area contributed by atoms with Crippen molar-refractivity contribution in [1.29, 1.82) is 0 Å². The Labute approximate surface area is 159 Å². The van der Waals surface area contributed by atoms with Gasteiger partial charge in [0.1, 0.15) is 0 Å². The second-order valence-corrected chi connectivity index (χ2v) is 9.60. The molecule has 0 saturated carbocycles. The van der Waals surface area contributed by atoms with Crippen molar-refractivity contribution in [2.75, 3.05) is 51.5 Å². The molecule has 144 valence electrons. The van der Waals surface area contributed by atoms with Crippen LogP contribution in [0.3, 0.4) is 0 Å². The summed E-state index contributed by atoms with van der Waals surface area (Å²) in [6.07, 6.45) is 1.94. The maximum atomic E-state index is 12.6. The van der Waals surface area contributed by atoms with Crippen LogP contribution >= 0.6 is 11.6 Å². The highest BCUT2D eigenvalue weighted by Crippen LogP contribution is 2.44. The fourth-order valence-electron chi connectivity index (χ4n) is 3.96. The number of halogens is 1. The number of nitrogens with one attached hydrogen (secondary N) is 1. The van der Waals surface area contributed by atoms with Crippen molar-refractivity contribution < 1.29 is 17.9 Å². The normalized spacial score (nSPS) is 26.6. The van der Waals surface area contributed by atoms with E-state index in [9.17, 15) is 13.2 Å². The summed E-state index contributed by atoms with van der Waals surface area (Å²) in [4.78, 5) is 14.4. The number of rotatable bonds is 4. The van der Waals surface area contributed by atoms with Crippen LogP contribution in [0.2, 0.25) is 5.02 Å². The molecule has 0 spiro atoms. The fraction of sp³-hybridized carbons (Fsp3) is 0.588. The van der Waals surface area contributed by atoms with Crippen LogP contribution in [0.25, 0.3) is 0 Å². The number of amides is 2. The maximum Gasteiger partial charge on any atom is 0.321 e. The van der Waals surface area contributed by atoms with E-state index in [1.165, 1.54) is 10.6 Å². The third kappa shape index (κ3) is 3.98. The summed E-state index contributed by atoms with van der Waals surface area (Å²) in [5.74, 6) is 0.0519. The zero-order valence-electron chi connectivity index (χ0n) is 14.9. The van der Waals surface area contributed by atoms with Crippen LogP contribution in [-0.4, -0.2) is 69.8 Å². The van der Waals surface area contributed by atoms with Gasteiger partial charge in [0, 0.05) is 49.4 Å². The van der Waals surface area contributed by atoms with Crippen LogP contribution in [0, 0.1) is 11.3 Å². The number of methoxy groups -OCH3 is 1. The minimum absolute atomic E-state index is 0.0519. The Balaban J connectivity index is 1.72. The number of carbonyl (C=O) groups excluding carboxylic acids is 1. The highest BCUT2D eigenvalue weighted by atomic mass is 35.5. The predicted octanol–water partition coefficient (Wildman–Crippen LogP) is 2.10. The standard InChI is InChI=1S/C17H24ClN3O4S/c1-25-12-17-6-7-20(9-13(17)10-21(11-17)26(2,23)24)16(22)19-15-5-3-4-14(18)8-15/h3-5,8,13H,6-7,9-12H2,1-2H3,(H,19,22)/t13-,17+/m1/s1. The Hall–Kier alpha value is -1.35. The third-order valence-electron chi connectivity index (χ3n) is 5.37.